The maximum atomic E-state index is 5.89. The largest absolute Gasteiger partial charge is 0.328 e. The lowest BCUT2D eigenvalue weighted by Gasteiger charge is -2.34. The molecule has 2 N–H and O–H groups in total. The van der Waals surface area contributed by atoms with Crippen LogP contribution in [0.3, 0.4) is 0 Å². The summed E-state index contributed by atoms with van der Waals surface area (Å²) in [5.41, 5.74) is 5.89. The average molecular weight is 137 g/mol. The van der Waals surface area contributed by atoms with Crippen molar-refractivity contribution in [2.24, 2.45) is 17.6 Å². The Morgan fingerprint density at radius 2 is 2.10 bits per heavy atom. The van der Waals surface area contributed by atoms with Crippen LogP contribution in [0.2, 0.25) is 0 Å². The van der Waals surface area contributed by atoms with Gasteiger partial charge in [-0.2, -0.15) is 0 Å². The molecule has 2 bridgehead atoms. The van der Waals surface area contributed by atoms with Crippen LogP contribution in [0.4, 0.5) is 0 Å². The van der Waals surface area contributed by atoms with Gasteiger partial charge in [0.1, 0.15) is 0 Å². The van der Waals surface area contributed by atoms with E-state index in [1.165, 1.54) is 25.7 Å². The van der Waals surface area contributed by atoms with E-state index in [1.54, 1.807) is 0 Å². The van der Waals surface area contributed by atoms with Crippen molar-refractivity contribution in [2.75, 3.05) is 0 Å². The molecule has 1 unspecified atom stereocenters. The summed E-state index contributed by atoms with van der Waals surface area (Å²) in [6.45, 7) is 0. The molecule has 2 aliphatic carbocycles. The molecule has 1 heteroatoms. The first kappa shape index (κ1) is 6.41. The Hall–Kier alpha value is -0.300. The van der Waals surface area contributed by atoms with E-state index >= 15 is 0 Å². The number of nitrogens with two attached hydrogens (primary N) is 1. The number of hydrogen-bond donors (Lipinski definition) is 1. The molecule has 0 aromatic carbocycles. The van der Waals surface area contributed by atoms with E-state index in [4.69, 9.17) is 5.73 Å². The molecule has 2 rings (SSSR count). The fraction of sp³-hybridized carbons (Fsp3) is 0.778. The summed E-state index contributed by atoms with van der Waals surface area (Å²) in [5, 5.41) is 0. The van der Waals surface area contributed by atoms with E-state index in [0.29, 0.717) is 6.04 Å². The van der Waals surface area contributed by atoms with Crippen molar-refractivity contribution in [3.05, 3.63) is 12.2 Å². The number of rotatable bonds is 0. The minimum absolute atomic E-state index is 0.494. The Bertz CT molecular complexity index is 151. The zero-order chi connectivity index (χ0) is 6.97. The number of fused-ring (bicyclic) bond motifs is 2. The molecule has 0 spiro atoms. The molecule has 0 amide bonds. The molecule has 0 saturated heterocycles. The molecule has 0 radical (unpaired) electrons. The molecular weight excluding hydrogens is 122 g/mol. The molecule has 1 fully saturated rings. The van der Waals surface area contributed by atoms with Crippen molar-refractivity contribution in [3.8, 4) is 0 Å². The lowest BCUT2D eigenvalue weighted by atomic mass is 9.74. The SMILES string of the molecule is N[C@H]1CC2CC=C[C@H](C2)C1. The van der Waals surface area contributed by atoms with Gasteiger partial charge in [-0.1, -0.05) is 12.2 Å². The van der Waals surface area contributed by atoms with E-state index in [2.05, 4.69) is 12.2 Å². The van der Waals surface area contributed by atoms with Crippen LogP contribution in [0, 0.1) is 11.8 Å². The first-order valence-corrected chi connectivity index (χ1v) is 4.27. The molecular formula is C9H15N. The summed E-state index contributed by atoms with van der Waals surface area (Å²) >= 11 is 0. The lowest BCUT2D eigenvalue weighted by Crippen LogP contribution is -2.33. The molecule has 0 aromatic heterocycles. The third kappa shape index (κ3) is 1.10. The highest BCUT2D eigenvalue weighted by Crippen LogP contribution is 2.34. The Morgan fingerprint density at radius 1 is 1.20 bits per heavy atom. The third-order valence-corrected chi connectivity index (χ3v) is 2.76. The van der Waals surface area contributed by atoms with Crippen LogP contribution in [-0.2, 0) is 0 Å². The number of hydrogen-bond acceptors (Lipinski definition) is 1. The van der Waals surface area contributed by atoms with Crippen LogP contribution in [0.15, 0.2) is 12.2 Å². The van der Waals surface area contributed by atoms with E-state index in [1.807, 2.05) is 0 Å². The maximum absolute atomic E-state index is 5.89. The number of allylic oxidation sites excluding steroid dienone is 2. The van der Waals surface area contributed by atoms with E-state index in [-0.39, 0.29) is 0 Å². The molecule has 3 atom stereocenters. The van der Waals surface area contributed by atoms with Crippen molar-refractivity contribution in [1.29, 1.82) is 0 Å². The Kier molecular flexibility index (Phi) is 1.53. The predicted octanol–water partition coefficient (Wildman–Crippen LogP) is 1.69. The van der Waals surface area contributed by atoms with Gasteiger partial charge in [-0.3, -0.25) is 0 Å². The minimum atomic E-state index is 0.494. The quantitative estimate of drug-likeness (QED) is 0.505. The van der Waals surface area contributed by atoms with Crippen molar-refractivity contribution in [2.45, 2.75) is 31.7 Å². The smallest absolute Gasteiger partial charge is 0.00471 e. The molecule has 2 aliphatic rings. The second-order valence-electron chi connectivity index (χ2n) is 3.76. The summed E-state index contributed by atoms with van der Waals surface area (Å²) < 4.78 is 0. The first-order chi connectivity index (χ1) is 4.84. The van der Waals surface area contributed by atoms with Gasteiger partial charge in [-0.25, -0.2) is 0 Å². The van der Waals surface area contributed by atoms with Crippen LogP contribution < -0.4 is 5.73 Å². The Labute approximate surface area is 62.3 Å². The van der Waals surface area contributed by atoms with Crippen LogP contribution >= 0.6 is 0 Å². The maximum Gasteiger partial charge on any atom is 0.00471 e. The summed E-state index contributed by atoms with van der Waals surface area (Å²) in [6, 6.07) is 0.494. The normalized spacial score (nSPS) is 45.5. The highest BCUT2D eigenvalue weighted by molar-refractivity contribution is 5.00. The highest BCUT2D eigenvalue weighted by atomic mass is 14.6. The van der Waals surface area contributed by atoms with E-state index in [9.17, 15) is 0 Å². The average Bonchev–Trinajstić information content (AvgIpc) is 1.85. The summed E-state index contributed by atoms with van der Waals surface area (Å²) in [6.07, 6.45) is 9.88. The third-order valence-electron chi connectivity index (χ3n) is 2.76. The van der Waals surface area contributed by atoms with Gasteiger partial charge in [0.25, 0.3) is 0 Å². The van der Waals surface area contributed by atoms with Crippen molar-refractivity contribution < 1.29 is 0 Å². The zero-order valence-electron chi connectivity index (χ0n) is 6.29. The van der Waals surface area contributed by atoms with Crippen LogP contribution in [0.1, 0.15) is 25.7 Å². The second-order valence-corrected chi connectivity index (χ2v) is 3.76. The van der Waals surface area contributed by atoms with Crippen molar-refractivity contribution in [1.82, 2.24) is 0 Å². The molecule has 1 nitrogen and oxygen atoms in total. The summed E-state index contributed by atoms with van der Waals surface area (Å²) in [4.78, 5) is 0. The first-order valence-electron chi connectivity index (χ1n) is 4.27. The van der Waals surface area contributed by atoms with Gasteiger partial charge in [0, 0.05) is 6.04 Å². The van der Waals surface area contributed by atoms with Gasteiger partial charge in [-0.15, -0.1) is 0 Å². The van der Waals surface area contributed by atoms with Gasteiger partial charge in [0.2, 0.25) is 0 Å². The van der Waals surface area contributed by atoms with Crippen LogP contribution in [0.5, 0.6) is 0 Å². The fourth-order valence-electron chi connectivity index (χ4n) is 2.35. The van der Waals surface area contributed by atoms with Crippen molar-refractivity contribution in [3.63, 3.8) is 0 Å². The van der Waals surface area contributed by atoms with Gasteiger partial charge in [0.15, 0.2) is 0 Å². The van der Waals surface area contributed by atoms with E-state index in [0.717, 1.165) is 11.8 Å². The standard InChI is InChI=1S/C9H15N/c10-9-5-7-2-1-3-8(4-7)6-9/h1-2,7-9H,3-6,10H2/t7-,8?,9-/m1/s1. The summed E-state index contributed by atoms with van der Waals surface area (Å²) in [5.74, 6) is 1.74. The molecule has 0 aromatic rings. The fourth-order valence-corrected chi connectivity index (χ4v) is 2.35. The monoisotopic (exact) mass is 137 g/mol. The molecule has 0 heterocycles. The molecule has 10 heavy (non-hydrogen) atoms. The molecule has 56 valence electrons. The molecule has 0 aliphatic heterocycles. The highest BCUT2D eigenvalue weighted by Gasteiger charge is 2.26. The zero-order valence-corrected chi connectivity index (χ0v) is 6.29. The lowest BCUT2D eigenvalue weighted by molar-refractivity contribution is 0.262. The van der Waals surface area contributed by atoms with E-state index < -0.39 is 0 Å². The van der Waals surface area contributed by atoms with Gasteiger partial charge in [-0.05, 0) is 37.5 Å². The van der Waals surface area contributed by atoms with Gasteiger partial charge >= 0.3 is 0 Å². The van der Waals surface area contributed by atoms with Crippen LogP contribution in [-0.4, -0.2) is 6.04 Å². The van der Waals surface area contributed by atoms with Gasteiger partial charge < -0.3 is 5.73 Å². The minimum Gasteiger partial charge on any atom is -0.328 e. The molecule has 1 saturated carbocycles. The second kappa shape index (κ2) is 2.39. The topological polar surface area (TPSA) is 26.0 Å². The van der Waals surface area contributed by atoms with Crippen molar-refractivity contribution >= 4 is 0 Å². The van der Waals surface area contributed by atoms with Crippen LogP contribution in [0.25, 0.3) is 0 Å². The summed E-state index contributed by atoms with van der Waals surface area (Å²) in [7, 11) is 0. The van der Waals surface area contributed by atoms with Gasteiger partial charge in [0.05, 0.1) is 0 Å². The Balaban J connectivity index is 2.09. The Morgan fingerprint density at radius 3 is 2.90 bits per heavy atom. The predicted molar refractivity (Wildman–Crippen MR) is 42.6 cm³/mol.